The summed E-state index contributed by atoms with van der Waals surface area (Å²) in [5, 5.41) is 0. The predicted octanol–water partition coefficient (Wildman–Crippen LogP) is 2.41. The van der Waals surface area contributed by atoms with Gasteiger partial charge in [0.15, 0.2) is 0 Å². The van der Waals surface area contributed by atoms with E-state index < -0.39 is 0 Å². The van der Waals surface area contributed by atoms with E-state index in [1.54, 1.807) is 6.07 Å². The molecule has 0 bridgehead atoms. The number of nitrogens with zero attached hydrogens (tertiary/aromatic N) is 1. The quantitative estimate of drug-likeness (QED) is 0.836. The van der Waals surface area contributed by atoms with Gasteiger partial charge in [-0.3, -0.25) is 4.90 Å². The molecule has 3 nitrogen and oxygen atoms in total. The first-order valence-corrected chi connectivity index (χ1v) is 6.50. The normalized spacial score (nSPS) is 20.3. The number of nitrogen functional groups attached to an aromatic ring is 1. The highest BCUT2D eigenvalue weighted by atomic mass is 19.1. The molecule has 1 unspecified atom stereocenters. The van der Waals surface area contributed by atoms with Gasteiger partial charge in [0.2, 0.25) is 0 Å². The molecular formula is C14H21FN2O. The van der Waals surface area contributed by atoms with Gasteiger partial charge in [0.05, 0.1) is 11.8 Å². The van der Waals surface area contributed by atoms with Crippen molar-refractivity contribution < 1.29 is 9.13 Å². The van der Waals surface area contributed by atoms with E-state index in [1.807, 2.05) is 13.1 Å². The second-order valence-corrected chi connectivity index (χ2v) is 5.00. The number of hydrogen-bond acceptors (Lipinski definition) is 3. The highest BCUT2D eigenvalue weighted by Gasteiger charge is 2.16. The highest BCUT2D eigenvalue weighted by Crippen LogP contribution is 2.19. The lowest BCUT2D eigenvalue weighted by Gasteiger charge is -2.27. The molecule has 1 atom stereocenters. The SMILES string of the molecule is CN(Cc1cccc(F)c1N)CC1CCCCO1. The minimum absolute atomic E-state index is 0.258. The van der Waals surface area contributed by atoms with Crippen molar-refractivity contribution in [2.24, 2.45) is 0 Å². The molecule has 2 N–H and O–H groups in total. The first-order valence-electron chi connectivity index (χ1n) is 6.50. The molecule has 0 saturated carbocycles. The third-order valence-corrected chi connectivity index (χ3v) is 3.37. The van der Waals surface area contributed by atoms with Crippen molar-refractivity contribution in [3.8, 4) is 0 Å². The topological polar surface area (TPSA) is 38.5 Å². The molecule has 1 heterocycles. The van der Waals surface area contributed by atoms with Crippen LogP contribution < -0.4 is 5.73 Å². The number of rotatable bonds is 4. The fourth-order valence-corrected chi connectivity index (χ4v) is 2.37. The molecule has 0 aromatic heterocycles. The predicted molar refractivity (Wildman–Crippen MR) is 70.7 cm³/mol. The Kier molecular flexibility index (Phi) is 4.55. The Morgan fingerprint density at radius 2 is 2.28 bits per heavy atom. The molecule has 1 saturated heterocycles. The summed E-state index contributed by atoms with van der Waals surface area (Å²) in [6, 6.07) is 4.96. The third kappa shape index (κ3) is 3.43. The zero-order valence-electron chi connectivity index (χ0n) is 10.9. The first kappa shape index (κ1) is 13.3. The van der Waals surface area contributed by atoms with E-state index in [0.717, 1.165) is 31.6 Å². The van der Waals surface area contributed by atoms with Crippen molar-refractivity contribution in [3.63, 3.8) is 0 Å². The number of para-hydroxylation sites is 1. The van der Waals surface area contributed by atoms with Crippen LogP contribution >= 0.6 is 0 Å². The summed E-state index contributed by atoms with van der Waals surface area (Å²) in [5.74, 6) is -0.338. The molecule has 18 heavy (non-hydrogen) atoms. The zero-order valence-corrected chi connectivity index (χ0v) is 10.9. The van der Waals surface area contributed by atoms with Crippen molar-refractivity contribution in [3.05, 3.63) is 29.6 Å². The molecule has 0 radical (unpaired) electrons. The van der Waals surface area contributed by atoms with Crippen LogP contribution in [0.1, 0.15) is 24.8 Å². The molecule has 0 spiro atoms. The van der Waals surface area contributed by atoms with Gasteiger partial charge in [0, 0.05) is 19.7 Å². The Balaban J connectivity index is 1.90. The highest BCUT2D eigenvalue weighted by molar-refractivity contribution is 5.47. The number of halogens is 1. The van der Waals surface area contributed by atoms with Crippen molar-refractivity contribution in [1.82, 2.24) is 4.90 Å². The van der Waals surface area contributed by atoms with Crippen molar-refractivity contribution in [1.29, 1.82) is 0 Å². The van der Waals surface area contributed by atoms with Gasteiger partial charge in [-0.15, -0.1) is 0 Å². The molecule has 1 aromatic carbocycles. The Morgan fingerprint density at radius 1 is 1.44 bits per heavy atom. The summed E-state index contributed by atoms with van der Waals surface area (Å²) in [6.45, 7) is 2.39. The minimum atomic E-state index is -0.338. The summed E-state index contributed by atoms with van der Waals surface area (Å²) >= 11 is 0. The lowest BCUT2D eigenvalue weighted by atomic mass is 10.1. The van der Waals surface area contributed by atoms with Crippen molar-refractivity contribution in [2.45, 2.75) is 31.9 Å². The molecule has 1 aliphatic rings. The van der Waals surface area contributed by atoms with Gasteiger partial charge in [-0.25, -0.2) is 4.39 Å². The Labute approximate surface area is 108 Å². The van der Waals surface area contributed by atoms with Crippen molar-refractivity contribution >= 4 is 5.69 Å². The van der Waals surface area contributed by atoms with E-state index in [4.69, 9.17) is 10.5 Å². The standard InChI is InChI=1S/C14H21FN2O/c1-17(10-12-6-2-3-8-18-12)9-11-5-4-7-13(15)14(11)16/h4-5,7,12H,2-3,6,8-10,16H2,1H3. The van der Waals surface area contributed by atoms with Crippen LogP contribution in [0.2, 0.25) is 0 Å². The number of ether oxygens (including phenoxy) is 1. The van der Waals surface area contributed by atoms with Gasteiger partial charge >= 0.3 is 0 Å². The summed E-state index contributed by atoms with van der Waals surface area (Å²) < 4.78 is 19.0. The van der Waals surface area contributed by atoms with E-state index in [1.165, 1.54) is 12.5 Å². The van der Waals surface area contributed by atoms with E-state index >= 15 is 0 Å². The van der Waals surface area contributed by atoms with Gasteiger partial charge in [0.1, 0.15) is 5.82 Å². The van der Waals surface area contributed by atoms with Gasteiger partial charge in [-0.2, -0.15) is 0 Å². The van der Waals surface area contributed by atoms with E-state index in [9.17, 15) is 4.39 Å². The Bertz CT molecular complexity index is 391. The molecule has 4 heteroatoms. The molecule has 1 aliphatic heterocycles. The Hall–Kier alpha value is -1.13. The lowest BCUT2D eigenvalue weighted by molar-refractivity contribution is -0.00257. The van der Waals surface area contributed by atoms with Crippen LogP contribution in [0.4, 0.5) is 10.1 Å². The van der Waals surface area contributed by atoms with Crippen LogP contribution in [0, 0.1) is 5.82 Å². The van der Waals surface area contributed by atoms with Gasteiger partial charge in [0.25, 0.3) is 0 Å². The summed E-state index contributed by atoms with van der Waals surface area (Å²) in [5.41, 5.74) is 6.83. The largest absolute Gasteiger partial charge is 0.396 e. The number of anilines is 1. The van der Waals surface area contributed by atoms with Gasteiger partial charge in [-0.05, 0) is 37.9 Å². The zero-order chi connectivity index (χ0) is 13.0. The fraction of sp³-hybridized carbons (Fsp3) is 0.571. The van der Waals surface area contributed by atoms with Crippen LogP contribution in [-0.2, 0) is 11.3 Å². The van der Waals surface area contributed by atoms with Crippen molar-refractivity contribution in [2.75, 3.05) is 25.9 Å². The summed E-state index contributed by atoms with van der Waals surface area (Å²) in [7, 11) is 2.02. The van der Waals surface area contributed by atoms with E-state index in [2.05, 4.69) is 4.90 Å². The molecule has 0 amide bonds. The van der Waals surface area contributed by atoms with Gasteiger partial charge in [-0.1, -0.05) is 12.1 Å². The fourth-order valence-electron chi connectivity index (χ4n) is 2.37. The molecule has 0 aliphatic carbocycles. The number of hydrogen-bond donors (Lipinski definition) is 1. The average molecular weight is 252 g/mol. The van der Waals surface area contributed by atoms with Crippen LogP contribution in [0.3, 0.4) is 0 Å². The maximum Gasteiger partial charge on any atom is 0.146 e. The lowest BCUT2D eigenvalue weighted by Crippen LogP contribution is -2.33. The number of likely N-dealkylation sites (N-methyl/N-ethyl adjacent to an activating group) is 1. The Morgan fingerprint density at radius 3 is 3.00 bits per heavy atom. The maximum atomic E-state index is 13.3. The van der Waals surface area contributed by atoms with Crippen LogP contribution in [0.5, 0.6) is 0 Å². The summed E-state index contributed by atoms with van der Waals surface area (Å²) in [4.78, 5) is 2.14. The first-order chi connectivity index (χ1) is 8.66. The maximum absolute atomic E-state index is 13.3. The monoisotopic (exact) mass is 252 g/mol. The molecule has 100 valence electrons. The molecule has 1 fully saturated rings. The molecule has 1 aromatic rings. The second-order valence-electron chi connectivity index (χ2n) is 5.00. The van der Waals surface area contributed by atoms with E-state index in [-0.39, 0.29) is 11.5 Å². The second kappa shape index (κ2) is 6.16. The average Bonchev–Trinajstić information content (AvgIpc) is 2.36. The van der Waals surface area contributed by atoms with Crippen LogP contribution in [0.25, 0.3) is 0 Å². The third-order valence-electron chi connectivity index (χ3n) is 3.37. The van der Waals surface area contributed by atoms with E-state index in [0.29, 0.717) is 12.6 Å². The minimum Gasteiger partial charge on any atom is -0.396 e. The van der Waals surface area contributed by atoms with Gasteiger partial charge < -0.3 is 10.5 Å². The number of benzene rings is 1. The smallest absolute Gasteiger partial charge is 0.146 e. The van der Waals surface area contributed by atoms with Crippen LogP contribution in [-0.4, -0.2) is 31.2 Å². The molecular weight excluding hydrogens is 231 g/mol. The summed E-state index contributed by atoms with van der Waals surface area (Å²) in [6.07, 6.45) is 3.82. The van der Waals surface area contributed by atoms with Crippen LogP contribution in [0.15, 0.2) is 18.2 Å². The number of nitrogens with two attached hydrogens (primary N) is 1. The molecule has 2 rings (SSSR count).